The van der Waals surface area contributed by atoms with Gasteiger partial charge in [-0.2, -0.15) is 0 Å². The van der Waals surface area contributed by atoms with E-state index in [4.69, 9.17) is 0 Å². The van der Waals surface area contributed by atoms with Gasteiger partial charge in [-0.25, -0.2) is 0 Å². The van der Waals surface area contributed by atoms with E-state index in [2.05, 4.69) is 11.9 Å². The van der Waals surface area contributed by atoms with Gasteiger partial charge in [0.15, 0.2) is 0 Å². The van der Waals surface area contributed by atoms with Crippen LogP contribution in [0.3, 0.4) is 0 Å². The van der Waals surface area contributed by atoms with Crippen molar-refractivity contribution in [2.45, 2.75) is 0 Å². The summed E-state index contributed by atoms with van der Waals surface area (Å²) >= 11 is 1.12. The van der Waals surface area contributed by atoms with Gasteiger partial charge in [0, 0.05) is 29.4 Å². The molecule has 0 atom stereocenters. The zero-order valence-electron chi connectivity index (χ0n) is 11.0. The van der Waals surface area contributed by atoms with Crippen molar-refractivity contribution in [2.75, 3.05) is 0 Å². The first-order valence-electron chi connectivity index (χ1n) is 6.25. The first kappa shape index (κ1) is 13.5. The van der Waals surface area contributed by atoms with Crippen LogP contribution < -0.4 is 0 Å². The third-order valence-corrected chi connectivity index (χ3v) is 4.11. The lowest BCUT2D eigenvalue weighted by molar-refractivity contribution is -0.380. The van der Waals surface area contributed by atoms with Crippen molar-refractivity contribution in [2.24, 2.45) is 0 Å². The molecule has 0 aliphatic carbocycles. The number of aromatic nitrogens is 1. The fraction of sp³-hybridized carbons (Fsp3) is 0. The number of rotatable bonds is 3. The Morgan fingerprint density at radius 3 is 2.52 bits per heavy atom. The van der Waals surface area contributed by atoms with Crippen molar-refractivity contribution in [1.82, 2.24) is 4.98 Å². The molecular weight excluding hydrogens is 284 g/mol. The summed E-state index contributed by atoms with van der Waals surface area (Å²) in [6, 6.07) is 11.3. The number of thiophene rings is 1. The normalized spacial score (nSPS) is 10.5. The van der Waals surface area contributed by atoms with Crippen molar-refractivity contribution >= 4 is 16.3 Å². The fourth-order valence-corrected chi connectivity index (χ4v) is 2.94. The van der Waals surface area contributed by atoms with Gasteiger partial charge in [-0.05, 0) is 35.2 Å². The quantitative estimate of drug-likeness (QED) is 0.525. The maximum Gasteiger partial charge on any atom is 0.324 e. The standard InChI is InChI=1S/C16H11N2O2S/c1-11-14(12-4-3-7-17-9-12)5-2-6-15(11)13-8-16(18(19)20)21-10-13/h2-10H,1H2. The van der Waals surface area contributed by atoms with Gasteiger partial charge in [-0.15, -0.1) is 0 Å². The summed E-state index contributed by atoms with van der Waals surface area (Å²) in [6.45, 7) is 4.13. The maximum atomic E-state index is 10.8. The van der Waals surface area contributed by atoms with Crippen molar-refractivity contribution in [3.8, 4) is 22.3 Å². The van der Waals surface area contributed by atoms with Gasteiger partial charge >= 0.3 is 5.00 Å². The summed E-state index contributed by atoms with van der Waals surface area (Å²) in [5.41, 5.74) is 4.53. The van der Waals surface area contributed by atoms with Gasteiger partial charge in [-0.3, -0.25) is 15.1 Å². The van der Waals surface area contributed by atoms with Crippen LogP contribution in [0.4, 0.5) is 5.00 Å². The molecule has 0 amide bonds. The minimum absolute atomic E-state index is 0.135. The molecule has 0 bridgehead atoms. The van der Waals surface area contributed by atoms with Gasteiger partial charge in [-0.1, -0.05) is 35.6 Å². The fourth-order valence-electron chi connectivity index (χ4n) is 2.21. The molecule has 0 aliphatic rings. The second-order valence-electron chi connectivity index (χ2n) is 4.50. The van der Waals surface area contributed by atoms with E-state index in [0.717, 1.165) is 39.2 Å². The van der Waals surface area contributed by atoms with E-state index >= 15 is 0 Å². The van der Waals surface area contributed by atoms with Gasteiger partial charge in [0.2, 0.25) is 0 Å². The molecule has 0 saturated carbocycles. The number of nitrogens with zero attached hydrogens (tertiary/aromatic N) is 2. The zero-order valence-corrected chi connectivity index (χ0v) is 11.8. The van der Waals surface area contributed by atoms with Crippen molar-refractivity contribution < 1.29 is 4.92 Å². The summed E-state index contributed by atoms with van der Waals surface area (Å²) in [6.07, 6.45) is 3.50. The monoisotopic (exact) mass is 295 g/mol. The van der Waals surface area contributed by atoms with E-state index in [9.17, 15) is 10.1 Å². The van der Waals surface area contributed by atoms with Crippen LogP contribution in [0.2, 0.25) is 0 Å². The zero-order chi connectivity index (χ0) is 14.8. The average Bonchev–Trinajstić information content (AvgIpc) is 2.98. The van der Waals surface area contributed by atoms with Crippen LogP contribution in [0.25, 0.3) is 22.3 Å². The summed E-state index contributed by atoms with van der Waals surface area (Å²) < 4.78 is 0. The Labute approximate surface area is 125 Å². The molecule has 5 heteroatoms. The van der Waals surface area contributed by atoms with Gasteiger partial charge in [0.05, 0.1) is 4.92 Å². The SMILES string of the molecule is [CH2]c1c(-c2cccnc2)cccc1-c1csc([N+](=O)[O-])c1. The summed E-state index contributed by atoms with van der Waals surface area (Å²) in [5.74, 6) is 0. The second kappa shape index (κ2) is 5.46. The Bertz CT molecular complexity index is 797. The highest BCUT2D eigenvalue weighted by molar-refractivity contribution is 7.13. The Morgan fingerprint density at radius 1 is 1.14 bits per heavy atom. The highest BCUT2D eigenvalue weighted by Crippen LogP contribution is 2.35. The van der Waals surface area contributed by atoms with Crippen LogP contribution in [0.5, 0.6) is 0 Å². The van der Waals surface area contributed by atoms with Crippen LogP contribution >= 0.6 is 11.3 Å². The number of hydrogen-bond donors (Lipinski definition) is 0. The largest absolute Gasteiger partial charge is 0.324 e. The molecule has 0 fully saturated rings. The Balaban J connectivity index is 2.10. The predicted octanol–water partition coefficient (Wildman–Crippen LogP) is 4.57. The summed E-state index contributed by atoms with van der Waals surface area (Å²) in [7, 11) is 0. The topological polar surface area (TPSA) is 56.0 Å². The first-order valence-corrected chi connectivity index (χ1v) is 7.13. The van der Waals surface area contributed by atoms with Crippen molar-refractivity contribution in [3.05, 3.63) is 76.8 Å². The maximum absolute atomic E-state index is 10.8. The lowest BCUT2D eigenvalue weighted by Gasteiger charge is -2.10. The number of benzene rings is 1. The molecule has 1 aromatic carbocycles. The van der Waals surface area contributed by atoms with Gasteiger partial charge < -0.3 is 0 Å². The summed E-state index contributed by atoms with van der Waals surface area (Å²) in [5, 5.41) is 12.7. The molecule has 3 rings (SSSR count). The number of pyridine rings is 1. The lowest BCUT2D eigenvalue weighted by Crippen LogP contribution is -1.88. The number of nitro groups is 1. The Morgan fingerprint density at radius 2 is 1.90 bits per heavy atom. The molecule has 1 radical (unpaired) electrons. The van der Waals surface area contributed by atoms with E-state index in [0.29, 0.717) is 0 Å². The molecule has 2 aromatic heterocycles. The first-order chi connectivity index (χ1) is 10.2. The van der Waals surface area contributed by atoms with Crippen molar-refractivity contribution in [1.29, 1.82) is 0 Å². The van der Waals surface area contributed by atoms with Gasteiger partial charge in [0.1, 0.15) is 0 Å². The third-order valence-electron chi connectivity index (χ3n) is 3.23. The number of hydrogen-bond acceptors (Lipinski definition) is 4. The van der Waals surface area contributed by atoms with Crippen molar-refractivity contribution in [3.63, 3.8) is 0 Å². The summed E-state index contributed by atoms with van der Waals surface area (Å²) in [4.78, 5) is 14.6. The molecule has 3 aromatic rings. The predicted molar refractivity (Wildman–Crippen MR) is 84.1 cm³/mol. The molecule has 21 heavy (non-hydrogen) atoms. The molecule has 2 heterocycles. The van der Waals surface area contributed by atoms with E-state index < -0.39 is 0 Å². The molecule has 4 nitrogen and oxygen atoms in total. The third kappa shape index (κ3) is 2.55. The highest BCUT2D eigenvalue weighted by Gasteiger charge is 2.14. The lowest BCUT2D eigenvalue weighted by atomic mass is 9.95. The van der Waals surface area contributed by atoms with E-state index in [1.807, 2.05) is 30.3 Å². The molecule has 0 spiro atoms. The van der Waals surface area contributed by atoms with E-state index in [1.165, 1.54) is 0 Å². The highest BCUT2D eigenvalue weighted by atomic mass is 32.1. The van der Waals surface area contributed by atoms with Crippen LogP contribution in [0.1, 0.15) is 5.56 Å². The minimum Gasteiger partial charge on any atom is -0.264 e. The van der Waals surface area contributed by atoms with E-state index in [-0.39, 0.29) is 9.92 Å². The van der Waals surface area contributed by atoms with Gasteiger partial charge in [0.25, 0.3) is 0 Å². The minimum atomic E-state index is -0.373. The smallest absolute Gasteiger partial charge is 0.264 e. The molecule has 0 aliphatic heterocycles. The molecule has 0 N–H and O–H groups in total. The average molecular weight is 295 g/mol. The molecule has 103 valence electrons. The van der Waals surface area contributed by atoms with Crippen LogP contribution in [-0.4, -0.2) is 9.91 Å². The molecular formula is C16H11N2O2S. The Kier molecular flexibility index (Phi) is 3.50. The van der Waals surface area contributed by atoms with Crippen LogP contribution in [-0.2, 0) is 0 Å². The second-order valence-corrected chi connectivity index (χ2v) is 5.39. The molecule has 0 saturated heterocycles. The Hall–Kier alpha value is -2.53. The van der Waals surface area contributed by atoms with Crippen LogP contribution in [0, 0.1) is 17.0 Å². The van der Waals surface area contributed by atoms with Crippen LogP contribution in [0.15, 0.2) is 54.2 Å². The molecule has 0 unspecified atom stereocenters. The van der Waals surface area contributed by atoms with E-state index in [1.54, 1.807) is 23.8 Å².